The van der Waals surface area contributed by atoms with Gasteiger partial charge < -0.3 is 5.11 Å². The second-order valence-electron chi connectivity index (χ2n) is 2.78. The van der Waals surface area contributed by atoms with Crippen molar-refractivity contribution in [2.75, 3.05) is 12.0 Å². The van der Waals surface area contributed by atoms with Gasteiger partial charge >= 0.3 is 0 Å². The summed E-state index contributed by atoms with van der Waals surface area (Å²) in [6, 6.07) is 0. The van der Waals surface area contributed by atoms with E-state index in [9.17, 15) is 5.11 Å². The van der Waals surface area contributed by atoms with E-state index >= 15 is 0 Å². The molecule has 0 fully saturated rings. The molecule has 0 aliphatic rings. The van der Waals surface area contributed by atoms with Gasteiger partial charge in [-0.15, -0.1) is 0 Å². The maximum atomic E-state index is 9.64. The molecule has 0 aromatic carbocycles. The summed E-state index contributed by atoms with van der Waals surface area (Å²) in [6.45, 7) is 0. The van der Waals surface area contributed by atoms with E-state index in [1.165, 1.54) is 0 Å². The number of hydrogen-bond acceptors (Lipinski definition) is 4. The molecule has 1 rings (SSSR count). The number of hydrogen-bond donors (Lipinski definition) is 1. The monoisotopic (exact) mass is 198 g/mol. The second kappa shape index (κ2) is 5.94. The van der Waals surface area contributed by atoms with Crippen molar-refractivity contribution >= 4 is 11.8 Å². The summed E-state index contributed by atoms with van der Waals surface area (Å²) >= 11 is 1.79. The second-order valence-corrected chi connectivity index (χ2v) is 3.77. The van der Waals surface area contributed by atoms with Crippen LogP contribution >= 0.6 is 11.8 Å². The Morgan fingerprint density at radius 3 is 3.00 bits per heavy atom. The smallest absolute Gasteiger partial charge is 0.0975 e. The standard InChI is InChI=1S/C9H14N2OS/c1-13-6-2-3-9(12)8-7-10-4-5-11-8/h4-5,7,9,12H,2-3,6H2,1H3. The lowest BCUT2D eigenvalue weighted by atomic mass is 10.1. The fraction of sp³-hybridized carbons (Fsp3) is 0.556. The SMILES string of the molecule is CSCCCC(O)c1cnccn1. The van der Waals surface area contributed by atoms with Crippen molar-refractivity contribution in [3.63, 3.8) is 0 Å². The average molecular weight is 198 g/mol. The van der Waals surface area contributed by atoms with Crippen molar-refractivity contribution in [3.8, 4) is 0 Å². The zero-order valence-corrected chi connectivity index (χ0v) is 8.50. The van der Waals surface area contributed by atoms with Crippen molar-refractivity contribution in [2.45, 2.75) is 18.9 Å². The van der Waals surface area contributed by atoms with Gasteiger partial charge in [-0.05, 0) is 24.9 Å². The van der Waals surface area contributed by atoms with Crippen LogP contribution in [0.15, 0.2) is 18.6 Å². The van der Waals surface area contributed by atoms with E-state index in [1.54, 1.807) is 30.4 Å². The molecular weight excluding hydrogens is 184 g/mol. The van der Waals surface area contributed by atoms with Gasteiger partial charge in [0, 0.05) is 12.4 Å². The molecule has 0 radical (unpaired) electrons. The lowest BCUT2D eigenvalue weighted by Gasteiger charge is -2.07. The van der Waals surface area contributed by atoms with Crippen molar-refractivity contribution < 1.29 is 5.11 Å². The van der Waals surface area contributed by atoms with E-state index < -0.39 is 6.10 Å². The molecule has 0 spiro atoms. The Balaban J connectivity index is 2.35. The number of nitrogens with zero attached hydrogens (tertiary/aromatic N) is 2. The maximum absolute atomic E-state index is 9.64. The summed E-state index contributed by atoms with van der Waals surface area (Å²) in [5, 5.41) is 9.64. The van der Waals surface area contributed by atoms with Crippen LogP contribution in [-0.4, -0.2) is 27.1 Å². The van der Waals surface area contributed by atoms with Gasteiger partial charge in [0.15, 0.2) is 0 Å². The van der Waals surface area contributed by atoms with E-state index in [4.69, 9.17) is 0 Å². The first-order valence-electron chi connectivity index (χ1n) is 4.27. The van der Waals surface area contributed by atoms with Crippen LogP contribution in [0.25, 0.3) is 0 Å². The highest BCUT2D eigenvalue weighted by Gasteiger charge is 2.07. The van der Waals surface area contributed by atoms with Crippen LogP contribution in [0.4, 0.5) is 0 Å². The molecule has 1 heterocycles. The minimum atomic E-state index is -0.458. The number of thioether (sulfide) groups is 1. The Labute approximate surface area is 82.6 Å². The molecule has 1 aromatic heterocycles. The Bertz CT molecular complexity index is 230. The van der Waals surface area contributed by atoms with Gasteiger partial charge in [-0.25, -0.2) is 0 Å². The molecule has 0 amide bonds. The largest absolute Gasteiger partial charge is 0.387 e. The Morgan fingerprint density at radius 1 is 1.54 bits per heavy atom. The van der Waals surface area contributed by atoms with Gasteiger partial charge in [-0.3, -0.25) is 9.97 Å². The predicted octanol–water partition coefficient (Wildman–Crippen LogP) is 1.65. The quantitative estimate of drug-likeness (QED) is 0.731. The van der Waals surface area contributed by atoms with Crippen LogP contribution in [0.5, 0.6) is 0 Å². The van der Waals surface area contributed by atoms with Crippen LogP contribution in [0.3, 0.4) is 0 Å². The van der Waals surface area contributed by atoms with Gasteiger partial charge in [-0.1, -0.05) is 0 Å². The number of rotatable bonds is 5. The average Bonchev–Trinajstić information content (AvgIpc) is 2.19. The number of aliphatic hydroxyl groups is 1. The summed E-state index contributed by atoms with van der Waals surface area (Å²) in [7, 11) is 0. The Kier molecular flexibility index (Phi) is 4.78. The van der Waals surface area contributed by atoms with Gasteiger partial charge in [0.2, 0.25) is 0 Å². The molecule has 4 heteroatoms. The van der Waals surface area contributed by atoms with Crippen LogP contribution < -0.4 is 0 Å². The molecule has 3 nitrogen and oxygen atoms in total. The van der Waals surface area contributed by atoms with E-state index in [0.29, 0.717) is 5.69 Å². The molecular formula is C9H14N2OS. The first-order valence-corrected chi connectivity index (χ1v) is 5.67. The Morgan fingerprint density at radius 2 is 2.38 bits per heavy atom. The van der Waals surface area contributed by atoms with Gasteiger partial charge in [-0.2, -0.15) is 11.8 Å². The highest BCUT2D eigenvalue weighted by atomic mass is 32.2. The van der Waals surface area contributed by atoms with Gasteiger partial charge in [0.1, 0.15) is 0 Å². The van der Waals surface area contributed by atoms with Crippen molar-refractivity contribution in [3.05, 3.63) is 24.3 Å². The summed E-state index contributed by atoms with van der Waals surface area (Å²) in [5.74, 6) is 1.08. The molecule has 1 unspecified atom stereocenters. The molecule has 0 saturated carbocycles. The summed E-state index contributed by atoms with van der Waals surface area (Å²) in [6.07, 6.45) is 8.21. The third-order valence-corrected chi connectivity index (χ3v) is 2.45. The fourth-order valence-corrected chi connectivity index (χ4v) is 1.51. The van der Waals surface area contributed by atoms with Gasteiger partial charge in [0.05, 0.1) is 18.0 Å². The van der Waals surface area contributed by atoms with E-state index in [-0.39, 0.29) is 0 Å². The van der Waals surface area contributed by atoms with Crippen LogP contribution in [-0.2, 0) is 0 Å². The highest BCUT2D eigenvalue weighted by Crippen LogP contribution is 2.15. The molecule has 0 bridgehead atoms. The first kappa shape index (κ1) is 10.5. The minimum Gasteiger partial charge on any atom is -0.387 e. The first-order chi connectivity index (χ1) is 6.34. The molecule has 13 heavy (non-hydrogen) atoms. The summed E-state index contributed by atoms with van der Waals surface area (Å²) in [4.78, 5) is 7.94. The van der Waals surface area contributed by atoms with Crippen molar-refractivity contribution in [1.29, 1.82) is 0 Å². The molecule has 1 atom stereocenters. The Hall–Kier alpha value is -0.610. The van der Waals surface area contributed by atoms with E-state index in [2.05, 4.69) is 16.2 Å². The van der Waals surface area contributed by atoms with Crippen LogP contribution in [0.1, 0.15) is 24.6 Å². The topological polar surface area (TPSA) is 46.0 Å². The van der Waals surface area contributed by atoms with Crippen molar-refractivity contribution in [2.24, 2.45) is 0 Å². The summed E-state index contributed by atoms with van der Waals surface area (Å²) in [5.41, 5.74) is 0.670. The van der Waals surface area contributed by atoms with Crippen molar-refractivity contribution in [1.82, 2.24) is 9.97 Å². The molecule has 0 aliphatic heterocycles. The van der Waals surface area contributed by atoms with E-state index in [0.717, 1.165) is 18.6 Å². The molecule has 1 N–H and O–H groups in total. The maximum Gasteiger partial charge on any atom is 0.0975 e. The summed E-state index contributed by atoms with van der Waals surface area (Å²) < 4.78 is 0. The number of aromatic nitrogens is 2. The minimum absolute atomic E-state index is 0.458. The number of aliphatic hydroxyl groups excluding tert-OH is 1. The van der Waals surface area contributed by atoms with E-state index in [1.807, 2.05) is 0 Å². The van der Waals surface area contributed by atoms with Crippen LogP contribution in [0.2, 0.25) is 0 Å². The predicted molar refractivity (Wildman–Crippen MR) is 54.6 cm³/mol. The zero-order valence-electron chi connectivity index (χ0n) is 7.68. The van der Waals surface area contributed by atoms with Gasteiger partial charge in [0.25, 0.3) is 0 Å². The molecule has 0 saturated heterocycles. The zero-order chi connectivity index (χ0) is 9.52. The molecule has 72 valence electrons. The fourth-order valence-electron chi connectivity index (χ4n) is 1.05. The van der Waals surface area contributed by atoms with Crippen LogP contribution in [0, 0.1) is 0 Å². The highest BCUT2D eigenvalue weighted by molar-refractivity contribution is 7.98. The normalized spacial score (nSPS) is 12.8. The third kappa shape index (κ3) is 3.74. The molecule has 0 aliphatic carbocycles. The lowest BCUT2D eigenvalue weighted by Crippen LogP contribution is -2.01. The molecule has 1 aromatic rings. The third-order valence-electron chi connectivity index (χ3n) is 1.75. The lowest BCUT2D eigenvalue weighted by molar-refractivity contribution is 0.161.